The first-order chi connectivity index (χ1) is 8.03. The first-order valence-corrected chi connectivity index (χ1v) is 6.32. The monoisotopic (exact) mass is 238 g/mol. The minimum absolute atomic E-state index is 0.0581. The van der Waals surface area contributed by atoms with Crippen molar-refractivity contribution >= 4 is 0 Å². The molecule has 0 aromatic carbocycles. The van der Waals surface area contributed by atoms with E-state index < -0.39 is 0 Å². The fraction of sp³-hybridized carbons (Fsp3) is 0.769. The van der Waals surface area contributed by atoms with Crippen molar-refractivity contribution in [3.8, 4) is 0 Å². The van der Waals surface area contributed by atoms with Gasteiger partial charge in [-0.25, -0.2) is 4.98 Å². The van der Waals surface area contributed by atoms with Crippen LogP contribution in [0.1, 0.15) is 40.0 Å². The largest absolute Gasteiger partial charge is 0.348 e. The number of rotatable bonds is 3. The third-order valence-corrected chi connectivity index (χ3v) is 2.77. The Hall–Kier alpha value is -0.870. The molecule has 0 saturated carbocycles. The summed E-state index contributed by atoms with van der Waals surface area (Å²) in [6, 6.07) is 0. The standard InChI is InChI=1S/C13H22N2O2/c1-13(2,3)17-12-6-4-5-11(16-12)9-15-8-7-14-10-15/h7-8,10-12H,4-6,9H2,1-3H3/t11-,12-/m1/s1. The quantitative estimate of drug-likeness (QED) is 0.812. The lowest BCUT2D eigenvalue weighted by atomic mass is 10.1. The Labute approximate surface area is 103 Å². The maximum absolute atomic E-state index is 5.96. The van der Waals surface area contributed by atoms with Gasteiger partial charge in [0.1, 0.15) is 0 Å². The average molecular weight is 238 g/mol. The molecule has 0 radical (unpaired) electrons. The van der Waals surface area contributed by atoms with Crippen molar-refractivity contribution in [2.45, 2.75) is 64.6 Å². The van der Waals surface area contributed by atoms with Crippen LogP contribution < -0.4 is 0 Å². The highest BCUT2D eigenvalue weighted by molar-refractivity contribution is 4.77. The molecule has 1 aromatic heterocycles. The zero-order valence-electron chi connectivity index (χ0n) is 10.9. The fourth-order valence-electron chi connectivity index (χ4n) is 2.11. The van der Waals surface area contributed by atoms with Gasteiger partial charge in [-0.15, -0.1) is 0 Å². The summed E-state index contributed by atoms with van der Waals surface area (Å²) >= 11 is 0. The molecule has 2 atom stereocenters. The van der Waals surface area contributed by atoms with E-state index in [2.05, 4.69) is 30.3 Å². The van der Waals surface area contributed by atoms with E-state index in [1.165, 1.54) is 6.42 Å². The van der Waals surface area contributed by atoms with Crippen molar-refractivity contribution in [2.24, 2.45) is 0 Å². The zero-order chi connectivity index (χ0) is 12.3. The van der Waals surface area contributed by atoms with Crippen molar-refractivity contribution < 1.29 is 9.47 Å². The van der Waals surface area contributed by atoms with Crippen molar-refractivity contribution in [2.75, 3.05) is 0 Å². The molecular formula is C13H22N2O2. The molecule has 0 unspecified atom stereocenters. The first-order valence-electron chi connectivity index (χ1n) is 6.32. The van der Waals surface area contributed by atoms with Gasteiger partial charge in [-0.3, -0.25) is 0 Å². The van der Waals surface area contributed by atoms with Gasteiger partial charge in [0.2, 0.25) is 0 Å². The number of hydrogen-bond donors (Lipinski definition) is 0. The normalized spacial score (nSPS) is 26.1. The Morgan fingerprint density at radius 2 is 2.24 bits per heavy atom. The molecule has 0 aliphatic carbocycles. The van der Waals surface area contributed by atoms with Crippen LogP contribution >= 0.6 is 0 Å². The number of imidazole rings is 1. The van der Waals surface area contributed by atoms with Crippen LogP contribution in [0.2, 0.25) is 0 Å². The van der Waals surface area contributed by atoms with Gasteiger partial charge in [-0.2, -0.15) is 0 Å². The molecule has 0 N–H and O–H groups in total. The Kier molecular flexibility index (Phi) is 3.84. The third kappa shape index (κ3) is 4.13. The first kappa shape index (κ1) is 12.6. The number of hydrogen-bond acceptors (Lipinski definition) is 3. The van der Waals surface area contributed by atoms with E-state index in [9.17, 15) is 0 Å². The minimum atomic E-state index is -0.137. The molecule has 1 aliphatic heterocycles. The number of aromatic nitrogens is 2. The third-order valence-electron chi connectivity index (χ3n) is 2.77. The van der Waals surface area contributed by atoms with Gasteiger partial charge in [0, 0.05) is 18.9 Å². The van der Waals surface area contributed by atoms with Gasteiger partial charge in [0.05, 0.1) is 18.0 Å². The number of ether oxygens (including phenoxy) is 2. The summed E-state index contributed by atoms with van der Waals surface area (Å²) in [6.45, 7) is 7.06. The summed E-state index contributed by atoms with van der Waals surface area (Å²) in [7, 11) is 0. The summed E-state index contributed by atoms with van der Waals surface area (Å²) in [4.78, 5) is 4.04. The average Bonchev–Trinajstić information content (AvgIpc) is 2.68. The Morgan fingerprint density at radius 3 is 2.88 bits per heavy atom. The topological polar surface area (TPSA) is 36.3 Å². The molecule has 1 aromatic rings. The second-order valence-corrected chi connectivity index (χ2v) is 5.61. The highest BCUT2D eigenvalue weighted by Crippen LogP contribution is 2.24. The molecule has 0 bridgehead atoms. The maximum atomic E-state index is 5.96. The lowest BCUT2D eigenvalue weighted by Gasteiger charge is -2.34. The Morgan fingerprint density at radius 1 is 1.41 bits per heavy atom. The van der Waals surface area contributed by atoms with Gasteiger partial charge >= 0.3 is 0 Å². The maximum Gasteiger partial charge on any atom is 0.158 e. The van der Waals surface area contributed by atoms with Crippen LogP contribution in [0.25, 0.3) is 0 Å². The summed E-state index contributed by atoms with van der Waals surface area (Å²) in [6.07, 6.45) is 9.05. The molecule has 0 spiro atoms. The second kappa shape index (κ2) is 5.19. The molecule has 17 heavy (non-hydrogen) atoms. The van der Waals surface area contributed by atoms with Crippen molar-refractivity contribution in [1.29, 1.82) is 0 Å². The van der Waals surface area contributed by atoms with E-state index in [0.29, 0.717) is 0 Å². The Balaban J connectivity index is 1.84. The summed E-state index contributed by atoms with van der Waals surface area (Å²) in [5, 5.41) is 0. The predicted molar refractivity (Wildman–Crippen MR) is 65.6 cm³/mol. The van der Waals surface area contributed by atoms with Gasteiger partial charge < -0.3 is 14.0 Å². The van der Waals surface area contributed by atoms with Crippen molar-refractivity contribution in [3.63, 3.8) is 0 Å². The van der Waals surface area contributed by atoms with Gasteiger partial charge in [0.15, 0.2) is 6.29 Å². The summed E-state index contributed by atoms with van der Waals surface area (Å²) < 4.78 is 13.9. The Bertz CT molecular complexity index is 330. The van der Waals surface area contributed by atoms with Crippen molar-refractivity contribution in [1.82, 2.24) is 9.55 Å². The molecular weight excluding hydrogens is 216 g/mol. The SMILES string of the molecule is CC(C)(C)O[C@@H]1CCC[C@H](Cn2ccnc2)O1. The van der Waals surface area contributed by atoms with Crippen LogP contribution in [-0.4, -0.2) is 27.5 Å². The van der Waals surface area contributed by atoms with E-state index in [4.69, 9.17) is 9.47 Å². The summed E-state index contributed by atoms with van der Waals surface area (Å²) in [5.41, 5.74) is -0.137. The molecule has 4 heteroatoms. The molecule has 96 valence electrons. The van der Waals surface area contributed by atoms with Gasteiger partial charge in [0.25, 0.3) is 0 Å². The van der Waals surface area contributed by atoms with Crippen LogP contribution in [0.4, 0.5) is 0 Å². The van der Waals surface area contributed by atoms with Crippen LogP contribution in [0.15, 0.2) is 18.7 Å². The van der Waals surface area contributed by atoms with E-state index in [1.807, 2.05) is 12.5 Å². The molecule has 1 fully saturated rings. The number of nitrogens with zero attached hydrogens (tertiary/aromatic N) is 2. The van der Waals surface area contributed by atoms with Crippen LogP contribution in [0.3, 0.4) is 0 Å². The lowest BCUT2D eigenvalue weighted by molar-refractivity contribution is -0.235. The minimum Gasteiger partial charge on any atom is -0.348 e. The van der Waals surface area contributed by atoms with Gasteiger partial charge in [-0.05, 0) is 40.0 Å². The molecule has 1 saturated heterocycles. The van der Waals surface area contributed by atoms with Gasteiger partial charge in [-0.1, -0.05) is 0 Å². The van der Waals surface area contributed by atoms with Crippen LogP contribution in [0, 0.1) is 0 Å². The van der Waals surface area contributed by atoms with E-state index in [1.54, 1.807) is 6.20 Å². The molecule has 1 aliphatic rings. The molecule has 2 rings (SSSR count). The molecule has 4 nitrogen and oxygen atoms in total. The predicted octanol–water partition coefficient (Wildman–Crippen LogP) is 2.59. The fourth-order valence-corrected chi connectivity index (χ4v) is 2.11. The summed E-state index contributed by atoms with van der Waals surface area (Å²) in [5.74, 6) is 0. The highest BCUT2D eigenvalue weighted by atomic mass is 16.7. The van der Waals surface area contributed by atoms with Crippen LogP contribution in [-0.2, 0) is 16.0 Å². The van der Waals surface area contributed by atoms with Crippen molar-refractivity contribution in [3.05, 3.63) is 18.7 Å². The lowest BCUT2D eigenvalue weighted by Crippen LogP contribution is -2.37. The second-order valence-electron chi connectivity index (χ2n) is 5.61. The van der Waals surface area contributed by atoms with Crippen LogP contribution in [0.5, 0.6) is 0 Å². The molecule has 0 amide bonds. The van der Waals surface area contributed by atoms with E-state index in [-0.39, 0.29) is 18.0 Å². The smallest absolute Gasteiger partial charge is 0.158 e. The van der Waals surface area contributed by atoms with E-state index in [0.717, 1.165) is 19.4 Å². The van der Waals surface area contributed by atoms with E-state index >= 15 is 0 Å². The highest BCUT2D eigenvalue weighted by Gasteiger charge is 2.26. The molecule has 2 heterocycles. The zero-order valence-corrected chi connectivity index (χ0v) is 10.9.